The molecule has 5 nitrogen and oxygen atoms in total. The van der Waals surface area contributed by atoms with Gasteiger partial charge in [-0.1, -0.05) is 13.8 Å². The van der Waals surface area contributed by atoms with Gasteiger partial charge in [0.25, 0.3) is 5.91 Å². The molecule has 5 heteroatoms. The molecule has 1 aliphatic heterocycles. The number of nitrogens with one attached hydrogen (secondary N) is 2. The summed E-state index contributed by atoms with van der Waals surface area (Å²) in [5.41, 5.74) is 2.37. The molecule has 23 heavy (non-hydrogen) atoms. The van der Waals surface area contributed by atoms with Gasteiger partial charge >= 0.3 is 0 Å². The Labute approximate surface area is 138 Å². The summed E-state index contributed by atoms with van der Waals surface area (Å²) in [6.07, 6.45) is 0.499. The van der Waals surface area contributed by atoms with Crippen molar-refractivity contribution in [2.75, 3.05) is 25.0 Å². The zero-order valence-corrected chi connectivity index (χ0v) is 14.5. The van der Waals surface area contributed by atoms with Crippen molar-refractivity contribution in [3.63, 3.8) is 0 Å². The van der Waals surface area contributed by atoms with Gasteiger partial charge < -0.3 is 15.5 Å². The molecule has 0 aromatic heterocycles. The Morgan fingerprint density at radius 1 is 1.39 bits per heavy atom. The molecule has 1 fully saturated rings. The predicted octanol–water partition coefficient (Wildman–Crippen LogP) is 2.41. The molecular formula is C18H27N3O2. The Balaban J connectivity index is 2.06. The number of anilines is 1. The van der Waals surface area contributed by atoms with Gasteiger partial charge in [0.2, 0.25) is 5.91 Å². The fourth-order valence-corrected chi connectivity index (χ4v) is 2.81. The van der Waals surface area contributed by atoms with Crippen LogP contribution >= 0.6 is 0 Å². The number of nitrogens with zero attached hydrogens (tertiary/aromatic N) is 1. The molecule has 1 aromatic carbocycles. The number of carbonyl (C=O) groups is 2. The van der Waals surface area contributed by atoms with Crippen molar-refractivity contribution in [3.05, 3.63) is 29.3 Å². The predicted molar refractivity (Wildman–Crippen MR) is 92.6 cm³/mol. The topological polar surface area (TPSA) is 61.4 Å². The van der Waals surface area contributed by atoms with Crippen molar-refractivity contribution in [1.82, 2.24) is 10.2 Å². The Bertz CT molecular complexity index is 584. The minimum Gasteiger partial charge on any atom is -0.336 e. The number of hydrogen-bond acceptors (Lipinski definition) is 3. The molecule has 0 spiro atoms. The minimum absolute atomic E-state index is 0.0121. The molecular weight excluding hydrogens is 290 g/mol. The SMILES string of the molecule is Cc1cc(C(=O)N2CCNC(C)C2)ccc1NC(=O)CC(C)C. The van der Waals surface area contributed by atoms with E-state index in [9.17, 15) is 9.59 Å². The summed E-state index contributed by atoms with van der Waals surface area (Å²) in [7, 11) is 0. The van der Waals surface area contributed by atoms with Gasteiger partial charge in [-0.25, -0.2) is 0 Å². The number of carbonyl (C=O) groups excluding carboxylic acids is 2. The van der Waals surface area contributed by atoms with E-state index in [0.29, 0.717) is 23.9 Å². The summed E-state index contributed by atoms with van der Waals surface area (Å²) < 4.78 is 0. The zero-order chi connectivity index (χ0) is 17.0. The third-order valence-electron chi connectivity index (χ3n) is 4.00. The molecule has 2 amide bonds. The molecule has 1 aliphatic rings. The van der Waals surface area contributed by atoms with Gasteiger partial charge in [0.15, 0.2) is 0 Å². The van der Waals surface area contributed by atoms with Crippen LogP contribution in [0.2, 0.25) is 0 Å². The summed E-state index contributed by atoms with van der Waals surface area (Å²) in [5.74, 6) is 0.394. The lowest BCUT2D eigenvalue weighted by Crippen LogP contribution is -2.51. The van der Waals surface area contributed by atoms with Gasteiger partial charge in [0.05, 0.1) is 0 Å². The third-order valence-corrected chi connectivity index (χ3v) is 4.00. The van der Waals surface area contributed by atoms with Crippen LogP contribution in [0.15, 0.2) is 18.2 Å². The van der Waals surface area contributed by atoms with Crippen LogP contribution in [0.1, 0.15) is 43.1 Å². The summed E-state index contributed by atoms with van der Waals surface area (Å²) in [6, 6.07) is 5.81. The Kier molecular flexibility index (Phi) is 5.77. The van der Waals surface area contributed by atoms with E-state index in [2.05, 4.69) is 17.6 Å². The average molecular weight is 317 g/mol. The first-order chi connectivity index (χ1) is 10.9. The maximum absolute atomic E-state index is 12.6. The highest BCUT2D eigenvalue weighted by atomic mass is 16.2. The Morgan fingerprint density at radius 2 is 2.13 bits per heavy atom. The molecule has 0 radical (unpaired) electrons. The number of benzene rings is 1. The fraction of sp³-hybridized carbons (Fsp3) is 0.556. The van der Waals surface area contributed by atoms with E-state index in [1.54, 1.807) is 6.07 Å². The molecule has 2 N–H and O–H groups in total. The van der Waals surface area contributed by atoms with E-state index in [4.69, 9.17) is 0 Å². The lowest BCUT2D eigenvalue weighted by molar-refractivity contribution is -0.116. The molecule has 1 atom stereocenters. The van der Waals surface area contributed by atoms with E-state index in [1.807, 2.05) is 37.8 Å². The molecule has 1 aromatic rings. The maximum Gasteiger partial charge on any atom is 0.253 e. The van der Waals surface area contributed by atoms with Crippen LogP contribution < -0.4 is 10.6 Å². The first-order valence-corrected chi connectivity index (χ1v) is 8.30. The highest BCUT2D eigenvalue weighted by Gasteiger charge is 2.22. The summed E-state index contributed by atoms with van der Waals surface area (Å²) >= 11 is 0. The lowest BCUT2D eigenvalue weighted by atomic mass is 10.1. The van der Waals surface area contributed by atoms with E-state index in [0.717, 1.165) is 30.9 Å². The quantitative estimate of drug-likeness (QED) is 0.896. The highest BCUT2D eigenvalue weighted by molar-refractivity contribution is 5.96. The van der Waals surface area contributed by atoms with E-state index >= 15 is 0 Å². The Hall–Kier alpha value is -1.88. The van der Waals surface area contributed by atoms with Gasteiger partial charge in [-0.3, -0.25) is 9.59 Å². The second-order valence-electron chi connectivity index (χ2n) is 6.78. The van der Waals surface area contributed by atoms with Crippen molar-refractivity contribution in [2.24, 2.45) is 5.92 Å². The maximum atomic E-state index is 12.6. The van der Waals surface area contributed by atoms with Crippen LogP contribution in [0.4, 0.5) is 5.69 Å². The lowest BCUT2D eigenvalue weighted by Gasteiger charge is -2.32. The van der Waals surface area contributed by atoms with Crippen LogP contribution in [0.3, 0.4) is 0 Å². The number of amides is 2. The third kappa shape index (κ3) is 4.79. The van der Waals surface area contributed by atoms with Crippen molar-refractivity contribution in [3.8, 4) is 0 Å². The monoisotopic (exact) mass is 317 g/mol. The van der Waals surface area contributed by atoms with Gasteiger partial charge in [0, 0.05) is 43.3 Å². The number of aryl methyl sites for hydroxylation is 1. The van der Waals surface area contributed by atoms with Gasteiger partial charge in [-0.15, -0.1) is 0 Å². The zero-order valence-electron chi connectivity index (χ0n) is 14.5. The fourth-order valence-electron chi connectivity index (χ4n) is 2.81. The largest absolute Gasteiger partial charge is 0.336 e. The first kappa shape index (κ1) is 17.5. The molecule has 2 rings (SSSR count). The van der Waals surface area contributed by atoms with Gasteiger partial charge in [-0.2, -0.15) is 0 Å². The molecule has 126 valence electrons. The van der Waals surface area contributed by atoms with Crippen molar-refractivity contribution < 1.29 is 9.59 Å². The van der Waals surface area contributed by atoms with Gasteiger partial charge in [-0.05, 0) is 43.5 Å². The highest BCUT2D eigenvalue weighted by Crippen LogP contribution is 2.19. The van der Waals surface area contributed by atoms with E-state index in [-0.39, 0.29) is 11.8 Å². The smallest absolute Gasteiger partial charge is 0.253 e. The van der Waals surface area contributed by atoms with Crippen LogP contribution in [-0.4, -0.2) is 42.4 Å². The van der Waals surface area contributed by atoms with Crippen molar-refractivity contribution >= 4 is 17.5 Å². The molecule has 0 saturated carbocycles. The summed E-state index contributed by atoms with van der Waals surface area (Å²) in [5, 5.41) is 6.25. The normalized spacial score (nSPS) is 18.1. The molecule has 1 heterocycles. The van der Waals surface area contributed by atoms with Gasteiger partial charge in [0.1, 0.15) is 0 Å². The average Bonchev–Trinajstić information content (AvgIpc) is 2.47. The molecule has 1 saturated heterocycles. The van der Waals surface area contributed by atoms with Crippen molar-refractivity contribution in [1.29, 1.82) is 0 Å². The van der Waals surface area contributed by atoms with Crippen LogP contribution in [0.5, 0.6) is 0 Å². The standard InChI is InChI=1S/C18H27N3O2/c1-12(2)9-17(22)20-16-6-5-15(10-13(16)3)18(23)21-8-7-19-14(4)11-21/h5-6,10,12,14,19H,7-9,11H2,1-4H3,(H,20,22). The number of rotatable bonds is 4. The first-order valence-electron chi connectivity index (χ1n) is 8.30. The van der Waals surface area contributed by atoms with Crippen LogP contribution in [-0.2, 0) is 4.79 Å². The number of piperazine rings is 1. The van der Waals surface area contributed by atoms with Crippen molar-refractivity contribution in [2.45, 2.75) is 40.2 Å². The second kappa shape index (κ2) is 7.59. The summed E-state index contributed by atoms with van der Waals surface area (Å²) in [6.45, 7) is 10.3. The van der Waals surface area contributed by atoms with Crippen LogP contribution in [0.25, 0.3) is 0 Å². The molecule has 0 aliphatic carbocycles. The summed E-state index contributed by atoms with van der Waals surface area (Å²) in [4.78, 5) is 26.4. The van der Waals surface area contributed by atoms with E-state index < -0.39 is 0 Å². The number of hydrogen-bond donors (Lipinski definition) is 2. The minimum atomic E-state index is 0.0121. The van der Waals surface area contributed by atoms with E-state index in [1.165, 1.54) is 0 Å². The van der Waals surface area contributed by atoms with Crippen LogP contribution in [0, 0.1) is 12.8 Å². The molecule has 1 unspecified atom stereocenters. The Morgan fingerprint density at radius 3 is 2.74 bits per heavy atom. The molecule has 0 bridgehead atoms. The second-order valence-corrected chi connectivity index (χ2v) is 6.78.